The van der Waals surface area contributed by atoms with Crippen molar-refractivity contribution in [2.45, 2.75) is 57.7 Å². The fourth-order valence-electron chi connectivity index (χ4n) is 1.92. The lowest BCUT2D eigenvalue weighted by Crippen LogP contribution is -2.59. The van der Waals surface area contributed by atoms with Gasteiger partial charge < -0.3 is 10.2 Å². The Hall–Kier alpha value is -0.700. The first kappa shape index (κ1) is 16.4. The summed E-state index contributed by atoms with van der Waals surface area (Å²) in [7, 11) is -3.94. The molecule has 0 aromatic rings. The molecular formula is C11H22N2O5S. The highest BCUT2D eigenvalue weighted by Gasteiger charge is 2.40. The lowest BCUT2D eigenvalue weighted by atomic mass is 10.0. The third-order valence-corrected chi connectivity index (χ3v) is 5.32. The predicted octanol–water partition coefficient (Wildman–Crippen LogP) is -0.0807. The molecule has 1 rings (SSSR count). The van der Waals surface area contributed by atoms with Crippen molar-refractivity contribution < 1.29 is 23.4 Å². The number of aliphatic hydroxyl groups excluding tert-OH is 1. The van der Waals surface area contributed by atoms with Crippen LogP contribution in [0.5, 0.6) is 0 Å². The van der Waals surface area contributed by atoms with Crippen LogP contribution in [0.3, 0.4) is 0 Å². The molecule has 0 bridgehead atoms. The van der Waals surface area contributed by atoms with Crippen LogP contribution in [0.25, 0.3) is 0 Å². The van der Waals surface area contributed by atoms with Gasteiger partial charge in [0.05, 0.1) is 11.6 Å². The number of carbonyl (C=O) groups is 1. The van der Waals surface area contributed by atoms with Crippen LogP contribution in [0, 0.1) is 0 Å². The normalized spacial score (nSPS) is 24.1. The van der Waals surface area contributed by atoms with Crippen molar-refractivity contribution in [2.24, 2.45) is 0 Å². The smallest absolute Gasteiger partial charge is 0.322 e. The summed E-state index contributed by atoms with van der Waals surface area (Å²) in [4.78, 5) is 11.1. The molecule has 1 heterocycles. The number of hydrogen-bond acceptors (Lipinski definition) is 4. The summed E-state index contributed by atoms with van der Waals surface area (Å²) in [5, 5.41) is 18.7. The summed E-state index contributed by atoms with van der Waals surface area (Å²) in [6.07, 6.45) is 0.754. The fourth-order valence-corrected chi connectivity index (χ4v) is 3.77. The van der Waals surface area contributed by atoms with E-state index in [4.69, 9.17) is 5.11 Å². The zero-order valence-electron chi connectivity index (χ0n) is 11.5. The lowest BCUT2D eigenvalue weighted by molar-refractivity contribution is -0.142. The third-order valence-electron chi connectivity index (χ3n) is 3.48. The Labute approximate surface area is 113 Å². The summed E-state index contributed by atoms with van der Waals surface area (Å²) >= 11 is 0. The van der Waals surface area contributed by atoms with E-state index in [1.807, 2.05) is 0 Å². The van der Waals surface area contributed by atoms with Crippen LogP contribution in [0.1, 0.15) is 40.0 Å². The van der Waals surface area contributed by atoms with Crippen LogP contribution in [0.2, 0.25) is 0 Å². The Morgan fingerprint density at radius 3 is 2.47 bits per heavy atom. The van der Waals surface area contributed by atoms with Crippen LogP contribution in [-0.4, -0.2) is 53.1 Å². The molecule has 0 radical (unpaired) electrons. The topological polar surface area (TPSA) is 107 Å². The van der Waals surface area contributed by atoms with E-state index in [0.29, 0.717) is 19.3 Å². The third kappa shape index (κ3) is 3.88. The van der Waals surface area contributed by atoms with E-state index >= 15 is 0 Å². The molecule has 1 aliphatic heterocycles. The zero-order valence-corrected chi connectivity index (χ0v) is 12.3. The molecule has 1 aliphatic rings. The minimum absolute atomic E-state index is 0.183. The van der Waals surface area contributed by atoms with Crippen LogP contribution >= 0.6 is 0 Å². The van der Waals surface area contributed by atoms with E-state index in [2.05, 4.69) is 4.72 Å². The van der Waals surface area contributed by atoms with Crippen molar-refractivity contribution in [2.75, 3.05) is 6.54 Å². The Kier molecular flexibility index (Phi) is 4.94. The molecule has 3 N–H and O–H groups in total. The highest BCUT2D eigenvalue weighted by molar-refractivity contribution is 7.87. The number of nitrogens with one attached hydrogen (secondary N) is 1. The lowest BCUT2D eigenvalue weighted by Gasteiger charge is -2.36. The molecule has 0 aromatic carbocycles. The van der Waals surface area contributed by atoms with E-state index in [-0.39, 0.29) is 6.54 Å². The standard InChI is InChI=1S/C11H22N2O5S/c1-8(14)11(2,3)12-19(17,18)13-7-5-4-6-9(13)10(15)16/h8-9,12,14H,4-7H2,1-3H3,(H,15,16). The van der Waals surface area contributed by atoms with E-state index < -0.39 is 33.9 Å². The van der Waals surface area contributed by atoms with Gasteiger partial charge in [0, 0.05) is 6.54 Å². The van der Waals surface area contributed by atoms with E-state index in [1.165, 1.54) is 6.92 Å². The van der Waals surface area contributed by atoms with Gasteiger partial charge >= 0.3 is 5.97 Å². The number of aliphatic hydroxyl groups is 1. The fraction of sp³-hybridized carbons (Fsp3) is 0.909. The van der Waals surface area contributed by atoms with Gasteiger partial charge in [-0.15, -0.1) is 0 Å². The Balaban J connectivity index is 2.95. The molecule has 1 fully saturated rings. The summed E-state index contributed by atoms with van der Waals surface area (Å²) in [5.41, 5.74) is -1.06. The first-order valence-corrected chi connectivity index (χ1v) is 7.73. The molecule has 0 aromatic heterocycles. The second-order valence-electron chi connectivity index (χ2n) is 5.47. The van der Waals surface area contributed by atoms with Gasteiger partial charge in [0.15, 0.2) is 0 Å². The van der Waals surface area contributed by atoms with E-state index in [1.54, 1.807) is 13.8 Å². The van der Waals surface area contributed by atoms with Gasteiger partial charge in [-0.3, -0.25) is 4.79 Å². The highest BCUT2D eigenvalue weighted by atomic mass is 32.2. The molecule has 1 saturated heterocycles. The van der Waals surface area contributed by atoms with Gasteiger partial charge in [-0.2, -0.15) is 17.4 Å². The summed E-state index contributed by atoms with van der Waals surface area (Å²) in [6, 6.07) is -1.03. The maximum absolute atomic E-state index is 12.3. The average molecular weight is 294 g/mol. The summed E-state index contributed by atoms with van der Waals surface area (Å²) in [5.74, 6) is -1.14. The van der Waals surface area contributed by atoms with Gasteiger partial charge in [0.25, 0.3) is 10.2 Å². The molecule has 2 atom stereocenters. The Morgan fingerprint density at radius 1 is 1.42 bits per heavy atom. The molecular weight excluding hydrogens is 272 g/mol. The molecule has 0 aliphatic carbocycles. The van der Waals surface area contributed by atoms with Gasteiger partial charge in [-0.05, 0) is 40.0 Å². The number of piperidine rings is 1. The molecule has 7 nitrogen and oxygen atoms in total. The average Bonchev–Trinajstić information content (AvgIpc) is 2.27. The number of carboxylic acids is 1. The molecule has 0 spiro atoms. The molecule has 19 heavy (non-hydrogen) atoms. The second kappa shape index (κ2) is 5.74. The van der Waals surface area contributed by atoms with Gasteiger partial charge in [0.2, 0.25) is 0 Å². The van der Waals surface area contributed by atoms with Crippen molar-refractivity contribution in [3.8, 4) is 0 Å². The SMILES string of the molecule is CC(O)C(C)(C)NS(=O)(=O)N1CCCCC1C(=O)O. The molecule has 0 saturated carbocycles. The van der Waals surface area contributed by atoms with Crippen LogP contribution in [0.4, 0.5) is 0 Å². The minimum Gasteiger partial charge on any atom is -0.480 e. The van der Waals surface area contributed by atoms with Crippen LogP contribution in [-0.2, 0) is 15.0 Å². The van der Waals surface area contributed by atoms with Crippen molar-refractivity contribution >= 4 is 16.2 Å². The second-order valence-corrected chi connectivity index (χ2v) is 7.09. The molecule has 112 valence electrons. The van der Waals surface area contributed by atoms with Gasteiger partial charge in [-0.25, -0.2) is 0 Å². The first-order valence-electron chi connectivity index (χ1n) is 6.29. The predicted molar refractivity (Wildman–Crippen MR) is 69.8 cm³/mol. The minimum atomic E-state index is -3.94. The number of aliphatic carboxylic acids is 1. The van der Waals surface area contributed by atoms with Gasteiger partial charge in [-0.1, -0.05) is 0 Å². The number of rotatable bonds is 5. The summed E-state index contributed by atoms with van der Waals surface area (Å²) in [6.45, 7) is 4.76. The molecule has 8 heteroatoms. The van der Waals surface area contributed by atoms with Crippen LogP contribution < -0.4 is 4.72 Å². The summed E-state index contributed by atoms with van der Waals surface area (Å²) < 4.78 is 27.9. The van der Waals surface area contributed by atoms with Crippen molar-refractivity contribution in [3.05, 3.63) is 0 Å². The van der Waals surface area contributed by atoms with E-state index in [9.17, 15) is 18.3 Å². The number of hydrogen-bond donors (Lipinski definition) is 3. The zero-order chi connectivity index (χ0) is 14.8. The number of nitrogens with zero attached hydrogens (tertiary/aromatic N) is 1. The highest BCUT2D eigenvalue weighted by Crippen LogP contribution is 2.22. The van der Waals surface area contributed by atoms with Crippen molar-refractivity contribution in [3.63, 3.8) is 0 Å². The first-order chi connectivity index (χ1) is 8.58. The Bertz CT molecular complexity index is 432. The largest absolute Gasteiger partial charge is 0.480 e. The number of carboxylic acid groups (broad SMARTS) is 1. The molecule has 2 unspecified atom stereocenters. The quantitative estimate of drug-likeness (QED) is 0.657. The van der Waals surface area contributed by atoms with Crippen LogP contribution in [0.15, 0.2) is 0 Å². The van der Waals surface area contributed by atoms with Crippen molar-refractivity contribution in [1.82, 2.24) is 9.03 Å². The van der Waals surface area contributed by atoms with Gasteiger partial charge in [0.1, 0.15) is 6.04 Å². The molecule has 0 amide bonds. The maximum Gasteiger partial charge on any atom is 0.322 e. The monoisotopic (exact) mass is 294 g/mol. The van der Waals surface area contributed by atoms with E-state index in [0.717, 1.165) is 4.31 Å². The maximum atomic E-state index is 12.3. The van der Waals surface area contributed by atoms with Crippen molar-refractivity contribution in [1.29, 1.82) is 0 Å². The Morgan fingerprint density at radius 2 is 2.00 bits per heavy atom.